The molecule has 2 aromatic rings. The lowest BCUT2D eigenvalue weighted by Crippen LogP contribution is -2.52. The number of piperidine rings is 1. The lowest BCUT2D eigenvalue weighted by molar-refractivity contribution is -0.136. The first-order chi connectivity index (χ1) is 14.6. The SMILES string of the molecule is O=C1CCC(N2Cc3ccc(CNCc4nnc5n4CCNC5)cc3C2=O)C(=O)N1. The highest BCUT2D eigenvalue weighted by Crippen LogP contribution is 2.28. The van der Waals surface area contributed by atoms with Crippen LogP contribution in [0.3, 0.4) is 0 Å². The van der Waals surface area contributed by atoms with Crippen LogP contribution in [0.2, 0.25) is 0 Å². The molecule has 1 aromatic heterocycles. The van der Waals surface area contributed by atoms with Crippen LogP contribution in [0.15, 0.2) is 18.2 Å². The Morgan fingerprint density at radius 1 is 1.17 bits per heavy atom. The number of fused-ring (bicyclic) bond motifs is 2. The number of amides is 3. The van der Waals surface area contributed by atoms with Crippen molar-refractivity contribution in [3.63, 3.8) is 0 Å². The van der Waals surface area contributed by atoms with Gasteiger partial charge in [-0.25, -0.2) is 0 Å². The molecule has 1 atom stereocenters. The molecule has 30 heavy (non-hydrogen) atoms. The maximum atomic E-state index is 12.9. The van der Waals surface area contributed by atoms with E-state index in [4.69, 9.17) is 0 Å². The second kappa shape index (κ2) is 7.62. The van der Waals surface area contributed by atoms with E-state index in [1.807, 2.05) is 18.2 Å². The predicted octanol–water partition coefficient (Wildman–Crippen LogP) is -0.568. The van der Waals surface area contributed by atoms with Crippen LogP contribution in [-0.2, 0) is 42.3 Å². The van der Waals surface area contributed by atoms with Crippen molar-refractivity contribution in [2.24, 2.45) is 0 Å². The van der Waals surface area contributed by atoms with Crippen LogP contribution in [0.4, 0.5) is 0 Å². The number of imide groups is 1. The van der Waals surface area contributed by atoms with Gasteiger partial charge in [0.05, 0.1) is 13.1 Å². The van der Waals surface area contributed by atoms with Crippen molar-refractivity contribution in [2.45, 2.75) is 51.6 Å². The average molecular weight is 409 g/mol. The third kappa shape index (κ3) is 3.37. The number of benzene rings is 1. The summed E-state index contributed by atoms with van der Waals surface area (Å²) in [4.78, 5) is 38.0. The monoisotopic (exact) mass is 409 g/mol. The van der Waals surface area contributed by atoms with Crippen LogP contribution < -0.4 is 16.0 Å². The number of aromatic nitrogens is 3. The highest BCUT2D eigenvalue weighted by atomic mass is 16.2. The molecule has 3 aliphatic heterocycles. The molecular formula is C20H23N7O3. The number of carbonyl (C=O) groups excluding carboxylic acids is 3. The Kier molecular flexibility index (Phi) is 4.80. The number of nitrogens with zero attached hydrogens (tertiary/aromatic N) is 4. The van der Waals surface area contributed by atoms with Crippen molar-refractivity contribution in [3.05, 3.63) is 46.5 Å². The molecule has 0 bridgehead atoms. The molecule has 0 radical (unpaired) electrons. The van der Waals surface area contributed by atoms with Gasteiger partial charge in [-0.2, -0.15) is 0 Å². The standard InChI is InChI=1S/C20H23N7O3/c28-18-4-3-15(19(29)23-18)27-11-13-2-1-12(7-14(13)20(27)30)8-22-10-17-25-24-16-9-21-5-6-26(16)17/h1-2,7,15,21-22H,3-6,8-11H2,(H,23,28,29). The van der Waals surface area contributed by atoms with Gasteiger partial charge in [-0.05, 0) is 23.6 Å². The van der Waals surface area contributed by atoms with Gasteiger partial charge < -0.3 is 20.1 Å². The number of carbonyl (C=O) groups is 3. The van der Waals surface area contributed by atoms with Gasteiger partial charge in [-0.15, -0.1) is 10.2 Å². The summed E-state index contributed by atoms with van der Waals surface area (Å²) >= 11 is 0. The predicted molar refractivity (Wildman–Crippen MR) is 105 cm³/mol. The van der Waals surface area contributed by atoms with Crippen LogP contribution in [0.25, 0.3) is 0 Å². The Morgan fingerprint density at radius 3 is 2.93 bits per heavy atom. The molecule has 1 aromatic carbocycles. The summed E-state index contributed by atoms with van der Waals surface area (Å²) in [6.45, 7) is 4.11. The molecule has 4 heterocycles. The molecule has 1 unspecified atom stereocenters. The minimum Gasteiger partial charge on any atom is -0.322 e. The highest BCUT2D eigenvalue weighted by molar-refractivity contribution is 6.05. The quantitative estimate of drug-likeness (QED) is 0.566. The molecular weight excluding hydrogens is 386 g/mol. The van der Waals surface area contributed by atoms with E-state index in [9.17, 15) is 14.4 Å². The summed E-state index contributed by atoms with van der Waals surface area (Å²) in [6.07, 6.45) is 0.630. The van der Waals surface area contributed by atoms with Gasteiger partial charge in [-0.1, -0.05) is 12.1 Å². The summed E-state index contributed by atoms with van der Waals surface area (Å²) < 4.78 is 2.13. The van der Waals surface area contributed by atoms with Crippen molar-refractivity contribution >= 4 is 17.7 Å². The highest BCUT2D eigenvalue weighted by Gasteiger charge is 2.39. The minimum absolute atomic E-state index is 0.152. The van der Waals surface area contributed by atoms with Crippen LogP contribution in [-0.4, -0.2) is 50.0 Å². The summed E-state index contributed by atoms with van der Waals surface area (Å²) in [5.74, 6) is 1.04. The van der Waals surface area contributed by atoms with Crippen LogP contribution in [0, 0.1) is 0 Å². The minimum atomic E-state index is -0.585. The summed E-state index contributed by atoms with van der Waals surface area (Å²) in [6, 6.07) is 5.24. The molecule has 10 nitrogen and oxygen atoms in total. The van der Waals surface area contributed by atoms with E-state index in [1.54, 1.807) is 4.90 Å². The zero-order valence-electron chi connectivity index (χ0n) is 16.5. The third-order valence-corrected chi connectivity index (χ3v) is 5.90. The molecule has 5 rings (SSSR count). The van der Waals surface area contributed by atoms with E-state index in [0.717, 1.165) is 42.4 Å². The zero-order valence-corrected chi connectivity index (χ0v) is 16.5. The fraction of sp³-hybridized carbons (Fsp3) is 0.450. The number of rotatable bonds is 5. The second-order valence-corrected chi connectivity index (χ2v) is 7.86. The van der Waals surface area contributed by atoms with Crippen LogP contribution in [0.5, 0.6) is 0 Å². The lowest BCUT2D eigenvalue weighted by Gasteiger charge is -2.29. The Bertz CT molecular complexity index is 1030. The topological polar surface area (TPSA) is 121 Å². The van der Waals surface area contributed by atoms with Gasteiger partial charge in [0.25, 0.3) is 5.91 Å². The normalized spacial score (nSPS) is 20.9. The molecule has 3 aliphatic rings. The van der Waals surface area contributed by atoms with E-state index >= 15 is 0 Å². The Hall–Kier alpha value is -3.11. The number of hydrogen-bond acceptors (Lipinski definition) is 7. The first kappa shape index (κ1) is 18.9. The summed E-state index contributed by atoms with van der Waals surface area (Å²) in [5, 5.41) is 17.5. The van der Waals surface area contributed by atoms with Crippen LogP contribution in [0.1, 0.15) is 46.0 Å². The number of hydrogen-bond donors (Lipinski definition) is 3. The van der Waals surface area contributed by atoms with Crippen molar-refractivity contribution in [1.82, 2.24) is 35.6 Å². The number of nitrogens with one attached hydrogen (secondary N) is 3. The largest absolute Gasteiger partial charge is 0.322 e. The maximum absolute atomic E-state index is 12.9. The van der Waals surface area contributed by atoms with Gasteiger partial charge in [-0.3, -0.25) is 19.7 Å². The van der Waals surface area contributed by atoms with E-state index in [0.29, 0.717) is 31.6 Å². The van der Waals surface area contributed by atoms with Crippen molar-refractivity contribution < 1.29 is 14.4 Å². The Morgan fingerprint density at radius 2 is 2.07 bits per heavy atom. The van der Waals surface area contributed by atoms with Gasteiger partial charge in [0.15, 0.2) is 0 Å². The maximum Gasteiger partial charge on any atom is 0.255 e. The fourth-order valence-electron chi connectivity index (χ4n) is 4.31. The van der Waals surface area contributed by atoms with Gasteiger partial charge in [0.1, 0.15) is 17.7 Å². The first-order valence-corrected chi connectivity index (χ1v) is 10.2. The van der Waals surface area contributed by atoms with Gasteiger partial charge in [0, 0.05) is 38.2 Å². The summed E-state index contributed by atoms with van der Waals surface area (Å²) in [7, 11) is 0. The van der Waals surface area contributed by atoms with Crippen molar-refractivity contribution in [2.75, 3.05) is 6.54 Å². The smallest absolute Gasteiger partial charge is 0.255 e. The molecule has 0 spiro atoms. The van der Waals surface area contributed by atoms with E-state index in [2.05, 4.69) is 30.7 Å². The molecule has 3 N–H and O–H groups in total. The molecule has 156 valence electrons. The van der Waals surface area contributed by atoms with Crippen molar-refractivity contribution in [1.29, 1.82) is 0 Å². The van der Waals surface area contributed by atoms with E-state index in [1.165, 1.54) is 0 Å². The fourth-order valence-corrected chi connectivity index (χ4v) is 4.31. The molecule has 3 amide bonds. The lowest BCUT2D eigenvalue weighted by atomic mass is 10.0. The van der Waals surface area contributed by atoms with E-state index < -0.39 is 6.04 Å². The van der Waals surface area contributed by atoms with E-state index in [-0.39, 0.29) is 24.1 Å². The molecule has 10 heteroatoms. The molecule has 1 fully saturated rings. The molecule has 0 saturated carbocycles. The van der Waals surface area contributed by atoms with Gasteiger partial charge in [0.2, 0.25) is 11.8 Å². The zero-order chi connectivity index (χ0) is 20.7. The summed E-state index contributed by atoms with van der Waals surface area (Å²) in [5.41, 5.74) is 2.53. The van der Waals surface area contributed by atoms with Crippen LogP contribution >= 0.6 is 0 Å². The first-order valence-electron chi connectivity index (χ1n) is 10.2. The second-order valence-electron chi connectivity index (χ2n) is 7.86. The Labute approximate surface area is 173 Å². The molecule has 1 saturated heterocycles. The molecule has 0 aliphatic carbocycles. The third-order valence-electron chi connectivity index (χ3n) is 5.90. The average Bonchev–Trinajstić information content (AvgIpc) is 3.30. The van der Waals surface area contributed by atoms with Crippen molar-refractivity contribution in [3.8, 4) is 0 Å². The Balaban J connectivity index is 1.23. The van der Waals surface area contributed by atoms with Gasteiger partial charge >= 0.3 is 0 Å².